The Kier molecular flexibility index (Phi) is 6.91. The molecular weight excluding hydrogens is 281 g/mol. The molecule has 1 amide bonds. The maximum absolute atomic E-state index is 13.4. The van der Waals surface area contributed by atoms with Gasteiger partial charge in [0.1, 0.15) is 5.82 Å². The molecule has 2 rings (SSSR count). The number of carbonyl (C=O) groups is 1. The molecule has 20 heavy (non-hydrogen) atoms. The molecular formula is C14H21ClFN3O. The zero-order chi connectivity index (χ0) is 13.7. The molecule has 6 heteroatoms. The van der Waals surface area contributed by atoms with Crippen LogP contribution >= 0.6 is 12.4 Å². The summed E-state index contributed by atoms with van der Waals surface area (Å²) in [5, 5.41) is 2.61. The first-order chi connectivity index (χ1) is 9.20. The Hall–Kier alpha value is -1.17. The normalized spacial score (nSPS) is 19.2. The molecule has 1 saturated heterocycles. The number of nitrogens with zero attached hydrogens (tertiary/aromatic N) is 1. The molecule has 0 aliphatic carbocycles. The molecule has 1 unspecified atom stereocenters. The molecule has 4 nitrogen and oxygen atoms in total. The highest BCUT2D eigenvalue weighted by atomic mass is 35.5. The van der Waals surface area contributed by atoms with E-state index in [2.05, 4.69) is 10.2 Å². The van der Waals surface area contributed by atoms with Crippen molar-refractivity contribution in [3.8, 4) is 0 Å². The third-order valence-electron chi connectivity index (χ3n) is 3.52. The third-order valence-corrected chi connectivity index (χ3v) is 3.52. The molecule has 0 aromatic heterocycles. The van der Waals surface area contributed by atoms with Crippen molar-refractivity contribution in [1.29, 1.82) is 0 Å². The quantitative estimate of drug-likeness (QED) is 0.894. The number of nitrogens with two attached hydrogens (primary N) is 1. The molecule has 1 fully saturated rings. The van der Waals surface area contributed by atoms with E-state index in [4.69, 9.17) is 5.73 Å². The molecule has 0 radical (unpaired) electrons. The minimum absolute atomic E-state index is 0. The van der Waals surface area contributed by atoms with Crippen LogP contribution in [-0.4, -0.2) is 36.5 Å². The second kappa shape index (κ2) is 8.19. The Morgan fingerprint density at radius 1 is 1.40 bits per heavy atom. The molecule has 112 valence electrons. The Bertz CT molecular complexity index is 444. The van der Waals surface area contributed by atoms with Crippen molar-refractivity contribution in [2.24, 2.45) is 5.73 Å². The van der Waals surface area contributed by atoms with Crippen LogP contribution in [0.1, 0.15) is 19.3 Å². The molecule has 1 aliphatic rings. The maximum Gasteiger partial charge on any atom is 0.238 e. The topological polar surface area (TPSA) is 58.4 Å². The van der Waals surface area contributed by atoms with Gasteiger partial charge in [0.05, 0.1) is 12.2 Å². The number of nitrogens with one attached hydrogen (secondary N) is 1. The number of piperidine rings is 1. The lowest BCUT2D eigenvalue weighted by Gasteiger charge is -2.34. The van der Waals surface area contributed by atoms with Crippen molar-refractivity contribution in [2.45, 2.75) is 25.3 Å². The number of rotatable bonds is 4. The van der Waals surface area contributed by atoms with Gasteiger partial charge < -0.3 is 11.1 Å². The van der Waals surface area contributed by atoms with Gasteiger partial charge in [0.2, 0.25) is 5.91 Å². The maximum atomic E-state index is 13.4. The van der Waals surface area contributed by atoms with Crippen molar-refractivity contribution in [3.05, 3.63) is 30.1 Å². The molecule has 0 bridgehead atoms. The van der Waals surface area contributed by atoms with Crippen molar-refractivity contribution in [2.75, 3.05) is 25.0 Å². The molecule has 3 N–H and O–H groups in total. The van der Waals surface area contributed by atoms with Crippen LogP contribution in [0.3, 0.4) is 0 Å². The molecule has 0 spiro atoms. The van der Waals surface area contributed by atoms with E-state index in [-0.39, 0.29) is 36.6 Å². The van der Waals surface area contributed by atoms with Crippen LogP contribution in [0.4, 0.5) is 10.1 Å². The van der Waals surface area contributed by atoms with Gasteiger partial charge in [0.25, 0.3) is 0 Å². The zero-order valence-corrected chi connectivity index (χ0v) is 12.2. The largest absolute Gasteiger partial charge is 0.329 e. The van der Waals surface area contributed by atoms with E-state index in [1.807, 2.05) is 0 Å². The first-order valence-electron chi connectivity index (χ1n) is 6.69. The molecule has 1 atom stereocenters. The number of amides is 1. The van der Waals surface area contributed by atoms with E-state index in [1.54, 1.807) is 18.2 Å². The third kappa shape index (κ3) is 4.44. The standard InChI is InChI=1S/C14H20FN3O.ClH/c15-12-6-1-2-7-13(12)17-14(19)10-18-8-4-3-5-11(18)9-16;/h1-2,6-7,11H,3-5,8-10,16H2,(H,17,19);1H. The number of anilines is 1. The molecule has 1 aromatic carbocycles. The van der Waals surface area contributed by atoms with Crippen molar-refractivity contribution >= 4 is 24.0 Å². The Morgan fingerprint density at radius 3 is 2.85 bits per heavy atom. The van der Waals surface area contributed by atoms with Crippen LogP contribution in [0.2, 0.25) is 0 Å². The van der Waals surface area contributed by atoms with Gasteiger partial charge in [-0.25, -0.2) is 4.39 Å². The second-order valence-corrected chi connectivity index (χ2v) is 4.88. The van der Waals surface area contributed by atoms with E-state index < -0.39 is 5.82 Å². The van der Waals surface area contributed by atoms with Crippen molar-refractivity contribution in [1.82, 2.24) is 4.90 Å². The van der Waals surface area contributed by atoms with Gasteiger partial charge in [0, 0.05) is 12.6 Å². The predicted octanol–water partition coefficient (Wildman–Crippen LogP) is 2.00. The van der Waals surface area contributed by atoms with Crippen LogP contribution in [0.15, 0.2) is 24.3 Å². The highest BCUT2D eigenvalue weighted by molar-refractivity contribution is 5.92. The molecule has 0 saturated carbocycles. The minimum atomic E-state index is -0.412. The van der Waals surface area contributed by atoms with Crippen LogP contribution in [-0.2, 0) is 4.79 Å². The fourth-order valence-electron chi connectivity index (χ4n) is 2.47. The Balaban J connectivity index is 0.00000200. The average molecular weight is 302 g/mol. The Labute approximate surface area is 124 Å². The fraction of sp³-hybridized carbons (Fsp3) is 0.500. The summed E-state index contributed by atoms with van der Waals surface area (Å²) in [7, 11) is 0. The number of para-hydroxylation sites is 1. The summed E-state index contributed by atoms with van der Waals surface area (Å²) in [6.45, 7) is 1.72. The van der Waals surface area contributed by atoms with E-state index in [0.29, 0.717) is 6.54 Å². The van der Waals surface area contributed by atoms with Gasteiger partial charge in [-0.1, -0.05) is 18.6 Å². The van der Waals surface area contributed by atoms with Gasteiger partial charge in [-0.3, -0.25) is 9.69 Å². The molecule has 1 aliphatic heterocycles. The predicted molar refractivity (Wildman–Crippen MR) is 80.5 cm³/mol. The lowest BCUT2D eigenvalue weighted by atomic mass is 10.0. The van der Waals surface area contributed by atoms with Crippen LogP contribution < -0.4 is 11.1 Å². The van der Waals surface area contributed by atoms with Gasteiger partial charge in [-0.05, 0) is 31.5 Å². The van der Waals surface area contributed by atoms with E-state index in [9.17, 15) is 9.18 Å². The monoisotopic (exact) mass is 301 g/mol. The molecule has 1 heterocycles. The summed E-state index contributed by atoms with van der Waals surface area (Å²) in [5.41, 5.74) is 5.94. The van der Waals surface area contributed by atoms with Crippen LogP contribution in [0.5, 0.6) is 0 Å². The van der Waals surface area contributed by atoms with E-state index >= 15 is 0 Å². The first-order valence-corrected chi connectivity index (χ1v) is 6.69. The zero-order valence-electron chi connectivity index (χ0n) is 11.3. The van der Waals surface area contributed by atoms with E-state index in [1.165, 1.54) is 6.07 Å². The lowest BCUT2D eigenvalue weighted by Crippen LogP contribution is -2.47. The summed E-state index contributed by atoms with van der Waals surface area (Å²) in [5.74, 6) is -0.602. The number of likely N-dealkylation sites (tertiary alicyclic amines) is 1. The second-order valence-electron chi connectivity index (χ2n) is 4.88. The number of hydrogen-bond donors (Lipinski definition) is 2. The lowest BCUT2D eigenvalue weighted by molar-refractivity contribution is -0.118. The fourth-order valence-corrected chi connectivity index (χ4v) is 2.47. The Morgan fingerprint density at radius 2 is 2.15 bits per heavy atom. The van der Waals surface area contributed by atoms with Crippen molar-refractivity contribution < 1.29 is 9.18 Å². The summed E-state index contributed by atoms with van der Waals surface area (Å²) >= 11 is 0. The molecule has 1 aromatic rings. The highest BCUT2D eigenvalue weighted by Gasteiger charge is 2.23. The van der Waals surface area contributed by atoms with Gasteiger partial charge in [-0.2, -0.15) is 0 Å². The van der Waals surface area contributed by atoms with Crippen LogP contribution in [0.25, 0.3) is 0 Å². The van der Waals surface area contributed by atoms with Gasteiger partial charge in [0.15, 0.2) is 0 Å². The number of hydrogen-bond acceptors (Lipinski definition) is 3. The number of benzene rings is 1. The van der Waals surface area contributed by atoms with Gasteiger partial charge in [-0.15, -0.1) is 12.4 Å². The first kappa shape index (κ1) is 16.9. The van der Waals surface area contributed by atoms with E-state index in [0.717, 1.165) is 25.8 Å². The average Bonchev–Trinajstić information content (AvgIpc) is 2.42. The summed E-state index contributed by atoms with van der Waals surface area (Å²) in [6, 6.07) is 6.45. The SMILES string of the molecule is Cl.NCC1CCCCN1CC(=O)Nc1ccccc1F. The number of halogens is 2. The highest BCUT2D eigenvalue weighted by Crippen LogP contribution is 2.17. The summed E-state index contributed by atoms with van der Waals surface area (Å²) < 4.78 is 13.4. The van der Waals surface area contributed by atoms with Gasteiger partial charge >= 0.3 is 0 Å². The van der Waals surface area contributed by atoms with Crippen LogP contribution in [0, 0.1) is 5.82 Å². The minimum Gasteiger partial charge on any atom is -0.329 e. The smallest absolute Gasteiger partial charge is 0.238 e. The number of carbonyl (C=O) groups excluding carboxylic acids is 1. The van der Waals surface area contributed by atoms with Crippen molar-refractivity contribution in [3.63, 3.8) is 0 Å². The summed E-state index contributed by atoms with van der Waals surface area (Å²) in [4.78, 5) is 14.0. The summed E-state index contributed by atoms with van der Waals surface area (Å²) in [6.07, 6.45) is 3.28.